The Morgan fingerprint density at radius 3 is 2.53 bits per heavy atom. The summed E-state index contributed by atoms with van der Waals surface area (Å²) in [7, 11) is 0. The van der Waals surface area contributed by atoms with Gasteiger partial charge in [-0.05, 0) is 98.5 Å². The second kappa shape index (κ2) is 8.89. The molecule has 1 aliphatic heterocycles. The SMILES string of the molecule is O=C(Nc1ccc(C(=O)O)cc1)Oc1ccc2c(c1)[C@@]13CCCC[C@@]1(O)[C@@H](C2)N(CC1CCC1)CC3. The maximum Gasteiger partial charge on any atom is 0.417 e. The lowest BCUT2D eigenvalue weighted by atomic mass is 9.49. The van der Waals surface area contributed by atoms with Crippen LogP contribution in [0.3, 0.4) is 0 Å². The van der Waals surface area contributed by atoms with E-state index in [1.807, 2.05) is 12.1 Å². The van der Waals surface area contributed by atoms with Crippen LogP contribution < -0.4 is 10.1 Å². The average Bonchev–Trinajstić information content (AvgIpc) is 2.83. The Balaban J connectivity index is 1.24. The van der Waals surface area contributed by atoms with Crippen molar-refractivity contribution >= 4 is 17.7 Å². The van der Waals surface area contributed by atoms with E-state index in [0.29, 0.717) is 11.4 Å². The number of anilines is 1. The molecule has 1 heterocycles. The number of carbonyl (C=O) groups excluding carboxylic acids is 1. The van der Waals surface area contributed by atoms with Crippen molar-refractivity contribution in [2.45, 2.75) is 74.8 Å². The van der Waals surface area contributed by atoms with Crippen molar-refractivity contribution in [3.05, 3.63) is 59.2 Å². The van der Waals surface area contributed by atoms with Gasteiger partial charge in [-0.3, -0.25) is 10.2 Å². The first-order chi connectivity index (χ1) is 17.4. The molecule has 6 rings (SSSR count). The normalized spacial score (nSPS) is 29.4. The van der Waals surface area contributed by atoms with Gasteiger partial charge in [0.25, 0.3) is 0 Å². The zero-order valence-electron chi connectivity index (χ0n) is 20.5. The minimum Gasteiger partial charge on any atom is -0.478 e. The summed E-state index contributed by atoms with van der Waals surface area (Å²) in [6, 6.07) is 12.0. The van der Waals surface area contributed by atoms with Crippen LogP contribution in [0.5, 0.6) is 5.75 Å². The van der Waals surface area contributed by atoms with Crippen molar-refractivity contribution in [3.8, 4) is 5.75 Å². The topological polar surface area (TPSA) is 99.1 Å². The number of piperidine rings is 1. The molecule has 3 N–H and O–H groups in total. The second-order valence-electron chi connectivity index (χ2n) is 11.2. The number of hydrogen-bond donors (Lipinski definition) is 3. The molecule has 3 aliphatic carbocycles. The van der Waals surface area contributed by atoms with Gasteiger partial charge < -0.3 is 14.9 Å². The highest BCUT2D eigenvalue weighted by atomic mass is 16.6. The molecule has 1 amide bonds. The van der Waals surface area contributed by atoms with E-state index in [9.17, 15) is 14.7 Å². The van der Waals surface area contributed by atoms with Crippen molar-refractivity contribution in [1.29, 1.82) is 0 Å². The molecule has 0 spiro atoms. The van der Waals surface area contributed by atoms with Gasteiger partial charge in [0.2, 0.25) is 0 Å². The first-order valence-corrected chi connectivity index (χ1v) is 13.3. The first-order valence-electron chi connectivity index (χ1n) is 13.3. The molecule has 7 heteroatoms. The number of likely N-dealkylation sites (tertiary alicyclic amines) is 1. The number of ether oxygens (including phenoxy) is 1. The van der Waals surface area contributed by atoms with Gasteiger partial charge in [-0.25, -0.2) is 9.59 Å². The molecule has 36 heavy (non-hydrogen) atoms. The lowest BCUT2D eigenvalue weighted by molar-refractivity contribution is -0.169. The number of carboxylic acid groups (broad SMARTS) is 1. The summed E-state index contributed by atoms with van der Waals surface area (Å²) < 4.78 is 5.65. The van der Waals surface area contributed by atoms with Crippen LogP contribution in [0, 0.1) is 5.92 Å². The standard InChI is InChI=1S/C29H34N2O5/c32-26(33)20-6-9-22(10-7-20)30-27(34)36-23-11-8-21-16-25-29(35)13-2-1-12-28(29,24(21)17-23)14-15-31(25)18-19-4-3-5-19/h6-11,17,19,25,35H,1-5,12-16,18H2,(H,30,34)(H,32,33)/t25-,28+,29-/m1/s1. The maximum atomic E-state index is 12.6. The lowest BCUT2D eigenvalue weighted by Crippen LogP contribution is -2.72. The number of aromatic carboxylic acids is 1. The molecule has 2 aromatic carbocycles. The number of carbonyl (C=O) groups is 2. The number of nitrogens with one attached hydrogen (secondary N) is 1. The Hall–Kier alpha value is -2.90. The van der Waals surface area contributed by atoms with E-state index in [1.165, 1.54) is 49.1 Å². The fourth-order valence-corrected chi connectivity index (χ4v) is 7.32. The summed E-state index contributed by atoms with van der Waals surface area (Å²) in [6.45, 7) is 2.12. The van der Waals surface area contributed by atoms with Gasteiger partial charge in [-0.2, -0.15) is 0 Å². The van der Waals surface area contributed by atoms with Gasteiger partial charge in [0.1, 0.15) is 5.75 Å². The fourth-order valence-electron chi connectivity index (χ4n) is 7.32. The van der Waals surface area contributed by atoms with Crippen LogP contribution in [-0.4, -0.2) is 51.9 Å². The maximum absolute atomic E-state index is 12.6. The minimum atomic E-state index is -1.02. The smallest absolute Gasteiger partial charge is 0.417 e. The van der Waals surface area contributed by atoms with Crippen molar-refractivity contribution in [3.63, 3.8) is 0 Å². The van der Waals surface area contributed by atoms with E-state index < -0.39 is 17.7 Å². The molecule has 0 unspecified atom stereocenters. The van der Waals surface area contributed by atoms with Gasteiger partial charge in [0.15, 0.2) is 0 Å². The highest BCUT2D eigenvalue weighted by molar-refractivity contribution is 5.90. The minimum absolute atomic E-state index is 0.153. The van der Waals surface area contributed by atoms with Crippen LogP contribution in [0.2, 0.25) is 0 Å². The van der Waals surface area contributed by atoms with Gasteiger partial charge in [0.05, 0.1) is 11.2 Å². The third kappa shape index (κ3) is 3.80. The van der Waals surface area contributed by atoms with Crippen molar-refractivity contribution in [1.82, 2.24) is 4.90 Å². The predicted octanol–water partition coefficient (Wildman–Crippen LogP) is 4.97. The summed E-state index contributed by atoms with van der Waals surface area (Å²) in [6.07, 6.45) is 9.07. The van der Waals surface area contributed by atoms with Crippen LogP contribution in [0.15, 0.2) is 42.5 Å². The largest absolute Gasteiger partial charge is 0.478 e. The monoisotopic (exact) mass is 490 g/mol. The predicted molar refractivity (Wildman–Crippen MR) is 136 cm³/mol. The Bertz CT molecular complexity index is 1180. The highest BCUT2D eigenvalue weighted by Crippen LogP contribution is 2.58. The van der Waals surface area contributed by atoms with Crippen LogP contribution in [0.25, 0.3) is 0 Å². The van der Waals surface area contributed by atoms with Crippen LogP contribution in [0.4, 0.5) is 10.5 Å². The third-order valence-corrected chi connectivity index (χ3v) is 9.37. The van der Waals surface area contributed by atoms with Crippen LogP contribution in [0.1, 0.15) is 72.9 Å². The summed E-state index contributed by atoms with van der Waals surface area (Å²) in [5.41, 5.74) is 2.00. The number of fused-ring (bicyclic) bond motifs is 1. The molecule has 7 nitrogen and oxygen atoms in total. The van der Waals surface area contributed by atoms with Gasteiger partial charge in [-0.15, -0.1) is 0 Å². The number of hydrogen-bond acceptors (Lipinski definition) is 5. The van der Waals surface area contributed by atoms with E-state index in [4.69, 9.17) is 9.84 Å². The van der Waals surface area contributed by atoms with Crippen molar-refractivity contribution in [2.24, 2.45) is 5.92 Å². The summed E-state index contributed by atoms with van der Waals surface area (Å²) in [4.78, 5) is 26.2. The molecule has 0 radical (unpaired) electrons. The van der Waals surface area contributed by atoms with E-state index >= 15 is 0 Å². The molecular formula is C29H34N2O5. The highest BCUT2D eigenvalue weighted by Gasteiger charge is 2.63. The van der Waals surface area contributed by atoms with Gasteiger partial charge in [0, 0.05) is 23.7 Å². The molecule has 4 aliphatic rings. The number of aliphatic hydroxyl groups is 1. The van der Waals surface area contributed by atoms with E-state index in [-0.39, 0.29) is 17.0 Å². The van der Waals surface area contributed by atoms with Crippen LogP contribution in [-0.2, 0) is 11.8 Å². The number of amides is 1. The Morgan fingerprint density at radius 1 is 1.03 bits per heavy atom. The van der Waals surface area contributed by atoms with E-state index in [0.717, 1.165) is 63.1 Å². The van der Waals surface area contributed by atoms with Gasteiger partial charge in [-0.1, -0.05) is 25.3 Å². The Kier molecular flexibility index (Phi) is 5.80. The quantitative estimate of drug-likeness (QED) is 0.547. The molecule has 3 atom stereocenters. The first kappa shape index (κ1) is 23.5. The number of rotatable bonds is 5. The molecule has 2 aromatic rings. The Labute approximate surface area is 211 Å². The summed E-state index contributed by atoms with van der Waals surface area (Å²) in [5, 5.41) is 24.0. The summed E-state index contributed by atoms with van der Waals surface area (Å²) in [5.74, 6) is 0.225. The number of benzene rings is 2. The number of nitrogens with zero attached hydrogens (tertiary/aromatic N) is 1. The van der Waals surface area contributed by atoms with Crippen molar-refractivity contribution < 1.29 is 24.5 Å². The van der Waals surface area contributed by atoms with E-state index in [2.05, 4.69) is 16.3 Å². The molecule has 1 saturated heterocycles. The molecule has 3 fully saturated rings. The molecular weight excluding hydrogens is 456 g/mol. The number of carboxylic acids is 1. The average molecular weight is 491 g/mol. The lowest BCUT2D eigenvalue weighted by Gasteiger charge is -2.64. The van der Waals surface area contributed by atoms with Gasteiger partial charge >= 0.3 is 12.1 Å². The summed E-state index contributed by atoms with van der Waals surface area (Å²) >= 11 is 0. The second-order valence-corrected chi connectivity index (χ2v) is 11.2. The molecule has 2 saturated carbocycles. The molecule has 190 valence electrons. The fraction of sp³-hybridized carbons (Fsp3) is 0.517. The van der Waals surface area contributed by atoms with Crippen molar-refractivity contribution in [2.75, 3.05) is 18.4 Å². The zero-order chi connectivity index (χ0) is 24.9. The van der Waals surface area contributed by atoms with Crippen LogP contribution >= 0.6 is 0 Å². The zero-order valence-corrected chi connectivity index (χ0v) is 20.5. The Morgan fingerprint density at radius 2 is 1.81 bits per heavy atom. The third-order valence-electron chi connectivity index (χ3n) is 9.37. The molecule has 2 bridgehead atoms. The molecule has 0 aromatic heterocycles. The van der Waals surface area contributed by atoms with E-state index in [1.54, 1.807) is 0 Å².